The van der Waals surface area contributed by atoms with Gasteiger partial charge in [0.2, 0.25) is 5.91 Å². The van der Waals surface area contributed by atoms with Gasteiger partial charge in [-0.3, -0.25) is 4.79 Å². The topological polar surface area (TPSA) is 66.8 Å². The number of benzene rings is 2. The summed E-state index contributed by atoms with van der Waals surface area (Å²) in [5.41, 5.74) is 1.89. The van der Waals surface area contributed by atoms with Gasteiger partial charge in [-0.25, -0.2) is 4.79 Å². The van der Waals surface area contributed by atoms with Gasteiger partial charge in [0.25, 0.3) is 0 Å². The van der Waals surface area contributed by atoms with Crippen LogP contribution in [0.15, 0.2) is 54.6 Å². The number of carboxylic acids is 1. The van der Waals surface area contributed by atoms with Gasteiger partial charge in [-0.05, 0) is 30.5 Å². The predicted octanol–water partition coefficient (Wildman–Crippen LogP) is 2.74. The van der Waals surface area contributed by atoms with Crippen LogP contribution in [-0.2, 0) is 22.6 Å². The zero-order chi connectivity index (χ0) is 17.8. The second-order valence-corrected chi connectivity index (χ2v) is 6.29. The quantitative estimate of drug-likeness (QED) is 0.909. The van der Waals surface area contributed by atoms with Crippen LogP contribution >= 0.6 is 0 Å². The van der Waals surface area contributed by atoms with Gasteiger partial charge in [-0.2, -0.15) is 0 Å². The average molecular weight is 339 g/mol. The lowest BCUT2D eigenvalue weighted by atomic mass is 9.94. The maximum Gasteiger partial charge on any atom is 0.326 e. The molecule has 2 aromatic carbocycles. The number of ether oxygens (including phenoxy) is 1. The summed E-state index contributed by atoms with van der Waals surface area (Å²) < 4.78 is 5.70. The van der Waals surface area contributed by atoms with Crippen molar-refractivity contribution in [3.63, 3.8) is 0 Å². The molecule has 2 unspecified atom stereocenters. The van der Waals surface area contributed by atoms with Gasteiger partial charge in [-0.1, -0.05) is 48.5 Å². The summed E-state index contributed by atoms with van der Waals surface area (Å²) in [4.78, 5) is 26.0. The Bertz CT molecular complexity index is 759. The highest BCUT2D eigenvalue weighted by Gasteiger charge is 2.33. The first kappa shape index (κ1) is 17.0. The van der Waals surface area contributed by atoms with Gasteiger partial charge in [-0.15, -0.1) is 0 Å². The fourth-order valence-electron chi connectivity index (χ4n) is 3.04. The summed E-state index contributed by atoms with van der Waals surface area (Å²) in [5, 5.41) is 9.41. The van der Waals surface area contributed by atoms with Crippen molar-refractivity contribution in [2.45, 2.75) is 25.9 Å². The molecule has 1 aliphatic heterocycles. The van der Waals surface area contributed by atoms with E-state index in [9.17, 15) is 14.7 Å². The molecule has 0 radical (unpaired) electrons. The summed E-state index contributed by atoms with van der Waals surface area (Å²) in [5.74, 6) is -0.775. The third kappa shape index (κ3) is 3.82. The molecule has 3 rings (SSSR count). The van der Waals surface area contributed by atoms with Gasteiger partial charge in [0.1, 0.15) is 18.4 Å². The third-order valence-electron chi connectivity index (χ3n) is 4.53. The molecule has 2 aromatic rings. The molecule has 1 heterocycles. The van der Waals surface area contributed by atoms with Gasteiger partial charge in [0.15, 0.2) is 0 Å². The van der Waals surface area contributed by atoms with Gasteiger partial charge in [0, 0.05) is 6.54 Å². The maximum absolute atomic E-state index is 13.0. The number of para-hydroxylation sites is 1. The number of carbonyl (C=O) groups is 2. The molecule has 0 aliphatic carbocycles. The molecule has 25 heavy (non-hydrogen) atoms. The van der Waals surface area contributed by atoms with Crippen LogP contribution in [0, 0.1) is 5.92 Å². The van der Waals surface area contributed by atoms with Crippen LogP contribution in [0.2, 0.25) is 0 Å². The molecule has 1 aliphatic rings. The number of carboxylic acid groups (broad SMARTS) is 1. The van der Waals surface area contributed by atoms with Gasteiger partial charge >= 0.3 is 5.97 Å². The predicted molar refractivity (Wildman–Crippen MR) is 93.2 cm³/mol. The normalized spacial score (nSPS) is 17.1. The lowest BCUT2D eigenvalue weighted by Crippen LogP contribution is -2.47. The van der Waals surface area contributed by atoms with E-state index in [0.717, 1.165) is 16.9 Å². The molecule has 2 atom stereocenters. The molecule has 0 saturated carbocycles. The Morgan fingerprint density at radius 3 is 2.56 bits per heavy atom. The van der Waals surface area contributed by atoms with E-state index in [4.69, 9.17) is 4.74 Å². The first-order valence-corrected chi connectivity index (χ1v) is 8.34. The summed E-state index contributed by atoms with van der Waals surface area (Å²) >= 11 is 0. The van der Waals surface area contributed by atoms with Gasteiger partial charge < -0.3 is 14.7 Å². The molecule has 0 spiro atoms. The molecule has 1 amide bonds. The summed E-state index contributed by atoms with van der Waals surface area (Å²) in [6, 6.07) is 16.2. The molecule has 0 aromatic heterocycles. The maximum atomic E-state index is 13.0. The van der Waals surface area contributed by atoms with Crippen molar-refractivity contribution in [2.75, 3.05) is 6.61 Å². The van der Waals surface area contributed by atoms with Crippen molar-refractivity contribution in [3.8, 4) is 5.75 Å². The molecule has 130 valence electrons. The Balaban J connectivity index is 1.81. The molecule has 0 fully saturated rings. The SMILES string of the molecule is CC(C(=O)O)N(Cc1ccccc1)C(=O)C1COc2ccccc2C1. The first-order valence-electron chi connectivity index (χ1n) is 8.34. The Hall–Kier alpha value is -2.82. The summed E-state index contributed by atoms with van der Waals surface area (Å²) in [6.45, 7) is 2.08. The molecular formula is C20H21NO4. The number of hydrogen-bond acceptors (Lipinski definition) is 3. The van der Waals surface area contributed by atoms with E-state index >= 15 is 0 Å². The highest BCUT2D eigenvalue weighted by molar-refractivity contribution is 5.85. The molecular weight excluding hydrogens is 318 g/mol. The van der Waals surface area contributed by atoms with Crippen molar-refractivity contribution in [2.24, 2.45) is 5.92 Å². The number of rotatable bonds is 5. The van der Waals surface area contributed by atoms with Crippen LogP contribution in [0.3, 0.4) is 0 Å². The van der Waals surface area contributed by atoms with E-state index in [-0.39, 0.29) is 25.0 Å². The molecule has 0 bridgehead atoms. The molecule has 0 saturated heterocycles. The average Bonchev–Trinajstić information content (AvgIpc) is 2.65. The minimum atomic E-state index is -1.01. The summed E-state index contributed by atoms with van der Waals surface area (Å²) in [7, 11) is 0. The zero-order valence-electron chi connectivity index (χ0n) is 14.1. The van der Waals surface area contributed by atoms with E-state index in [1.807, 2.05) is 54.6 Å². The third-order valence-corrected chi connectivity index (χ3v) is 4.53. The monoisotopic (exact) mass is 339 g/mol. The Morgan fingerprint density at radius 1 is 1.16 bits per heavy atom. The Labute approximate surface area is 146 Å². The summed E-state index contributed by atoms with van der Waals surface area (Å²) in [6.07, 6.45) is 0.562. The minimum Gasteiger partial charge on any atom is -0.492 e. The van der Waals surface area contributed by atoms with E-state index < -0.39 is 12.0 Å². The second-order valence-electron chi connectivity index (χ2n) is 6.29. The van der Waals surface area contributed by atoms with Crippen molar-refractivity contribution < 1.29 is 19.4 Å². The first-order chi connectivity index (χ1) is 12.1. The van der Waals surface area contributed by atoms with Crippen LogP contribution in [0.25, 0.3) is 0 Å². The Morgan fingerprint density at radius 2 is 1.84 bits per heavy atom. The minimum absolute atomic E-state index is 0.187. The number of carbonyl (C=O) groups excluding carboxylic acids is 1. The number of amides is 1. The highest BCUT2D eigenvalue weighted by Crippen LogP contribution is 2.28. The number of fused-ring (bicyclic) bond motifs is 1. The number of hydrogen-bond donors (Lipinski definition) is 1. The van der Waals surface area contributed by atoms with Crippen molar-refractivity contribution in [3.05, 3.63) is 65.7 Å². The van der Waals surface area contributed by atoms with Crippen LogP contribution in [0.1, 0.15) is 18.1 Å². The van der Waals surface area contributed by atoms with Crippen molar-refractivity contribution >= 4 is 11.9 Å². The van der Waals surface area contributed by atoms with Crippen LogP contribution in [0.4, 0.5) is 0 Å². The van der Waals surface area contributed by atoms with E-state index in [2.05, 4.69) is 0 Å². The fraction of sp³-hybridized carbons (Fsp3) is 0.300. The van der Waals surface area contributed by atoms with Crippen LogP contribution < -0.4 is 4.74 Å². The highest BCUT2D eigenvalue weighted by atomic mass is 16.5. The number of nitrogens with zero attached hydrogens (tertiary/aromatic N) is 1. The van der Waals surface area contributed by atoms with Crippen LogP contribution in [-0.4, -0.2) is 34.5 Å². The Kier molecular flexibility index (Phi) is 5.03. The second kappa shape index (κ2) is 7.38. The van der Waals surface area contributed by atoms with E-state index in [0.29, 0.717) is 6.42 Å². The molecule has 5 nitrogen and oxygen atoms in total. The number of aliphatic carboxylic acids is 1. The largest absolute Gasteiger partial charge is 0.492 e. The van der Waals surface area contributed by atoms with E-state index in [1.165, 1.54) is 4.90 Å². The standard InChI is InChI=1S/C20H21NO4/c1-14(20(23)24)21(12-15-7-3-2-4-8-15)19(22)17-11-16-9-5-6-10-18(16)25-13-17/h2-10,14,17H,11-13H2,1H3,(H,23,24). The smallest absolute Gasteiger partial charge is 0.326 e. The molecule has 5 heteroatoms. The lowest BCUT2D eigenvalue weighted by Gasteiger charge is -2.32. The van der Waals surface area contributed by atoms with Gasteiger partial charge in [0.05, 0.1) is 5.92 Å². The molecule has 1 N–H and O–H groups in total. The fourth-order valence-corrected chi connectivity index (χ4v) is 3.04. The zero-order valence-corrected chi connectivity index (χ0v) is 14.1. The van der Waals surface area contributed by atoms with E-state index in [1.54, 1.807) is 6.92 Å². The lowest BCUT2D eigenvalue weighted by molar-refractivity contribution is -0.152. The van der Waals surface area contributed by atoms with Crippen LogP contribution in [0.5, 0.6) is 5.75 Å². The van der Waals surface area contributed by atoms with Crippen molar-refractivity contribution in [1.82, 2.24) is 4.90 Å². The van der Waals surface area contributed by atoms with Crippen molar-refractivity contribution in [1.29, 1.82) is 0 Å².